The summed E-state index contributed by atoms with van der Waals surface area (Å²) in [4.78, 5) is 26.3. The van der Waals surface area contributed by atoms with Gasteiger partial charge in [-0.05, 0) is 81.5 Å². The number of β-amino-alcohol motifs (C(OH)–C–C–N with tert-alkyl or cyclic N) is 1. The van der Waals surface area contributed by atoms with Crippen LogP contribution in [0.2, 0.25) is 0 Å². The topological polar surface area (TPSA) is 134 Å². The lowest BCUT2D eigenvalue weighted by Crippen LogP contribution is -2.46. The zero-order valence-corrected chi connectivity index (χ0v) is 26.4. The van der Waals surface area contributed by atoms with Crippen LogP contribution in [0, 0.1) is 15.9 Å². The van der Waals surface area contributed by atoms with Crippen molar-refractivity contribution in [2.24, 2.45) is 0 Å². The molecule has 8 rings (SSSR count). The molecule has 4 aromatic rings. The van der Waals surface area contributed by atoms with E-state index in [0.717, 1.165) is 37.9 Å². The highest BCUT2D eigenvalue weighted by atomic mass is 19.1. The van der Waals surface area contributed by atoms with Gasteiger partial charge in [0.25, 0.3) is 5.69 Å². The van der Waals surface area contributed by atoms with E-state index >= 15 is 4.39 Å². The highest BCUT2D eigenvalue weighted by Gasteiger charge is 2.47. The number of rotatable bonds is 5. The van der Waals surface area contributed by atoms with Crippen molar-refractivity contribution in [3.8, 4) is 28.6 Å². The van der Waals surface area contributed by atoms with Gasteiger partial charge in [-0.3, -0.25) is 15.0 Å². The Kier molecular flexibility index (Phi) is 6.65. The predicted octanol–water partition coefficient (Wildman–Crippen LogP) is 6.18. The van der Waals surface area contributed by atoms with Gasteiger partial charge in [0.15, 0.2) is 5.75 Å². The highest BCUT2D eigenvalue weighted by molar-refractivity contribution is 6.09. The summed E-state index contributed by atoms with van der Waals surface area (Å²) in [5, 5.41) is 35.9. The van der Waals surface area contributed by atoms with E-state index in [-0.39, 0.29) is 57.5 Å². The van der Waals surface area contributed by atoms with Crippen LogP contribution < -0.4 is 14.4 Å². The van der Waals surface area contributed by atoms with Gasteiger partial charge in [-0.1, -0.05) is 18.2 Å². The van der Waals surface area contributed by atoms with Crippen LogP contribution in [-0.2, 0) is 0 Å². The van der Waals surface area contributed by atoms with Crippen molar-refractivity contribution in [1.29, 1.82) is 0 Å². The first-order valence-corrected chi connectivity index (χ1v) is 16.1. The quantitative estimate of drug-likeness (QED) is 0.148. The average Bonchev–Trinajstić information content (AvgIpc) is 3.50. The molecule has 5 heterocycles. The molecule has 4 aliphatic rings. The van der Waals surface area contributed by atoms with E-state index in [9.17, 15) is 20.3 Å². The molecule has 0 aliphatic carbocycles. The smallest absolute Gasteiger partial charge is 0.319 e. The molecule has 0 saturated carbocycles. The standard InChI is InChI=1S/C35H36FN5O6/c1-19-15-35(9-5-11-40(35)16-19)18-46-33-37-30-24(32(38-33)39-10-4-8-34(3,43)17-39)14-26(41(44)45)29-23-13-22(42)12-21-6-7-25(36)27(28(21)23)20(2)47-31(29)30/h6-7,12-14,20,42-43H,1,4-5,8-11,15-18H2,2-3H3. The van der Waals surface area contributed by atoms with Gasteiger partial charge in [0.1, 0.15) is 41.2 Å². The number of aliphatic hydroxyl groups is 1. The number of aromatic hydroxyl groups is 1. The number of hydrogen-bond acceptors (Lipinski definition) is 10. The predicted molar refractivity (Wildman–Crippen MR) is 175 cm³/mol. The van der Waals surface area contributed by atoms with Gasteiger partial charge in [-0.2, -0.15) is 9.97 Å². The van der Waals surface area contributed by atoms with E-state index < -0.39 is 22.4 Å². The second-order valence-corrected chi connectivity index (χ2v) is 13.9. The number of benzene rings is 3. The van der Waals surface area contributed by atoms with Gasteiger partial charge in [-0.15, -0.1) is 0 Å². The van der Waals surface area contributed by atoms with Crippen molar-refractivity contribution >= 4 is 33.2 Å². The van der Waals surface area contributed by atoms with Crippen LogP contribution in [0.3, 0.4) is 0 Å². The maximum Gasteiger partial charge on any atom is 0.319 e. The molecule has 244 valence electrons. The van der Waals surface area contributed by atoms with Crippen molar-refractivity contribution in [2.45, 2.75) is 63.2 Å². The summed E-state index contributed by atoms with van der Waals surface area (Å²) in [5.41, 5.74) is 0.529. The highest BCUT2D eigenvalue weighted by Crippen LogP contribution is 2.53. The number of phenolic OH excluding ortho intramolecular Hbond substituents is 1. The minimum absolute atomic E-state index is 0.0800. The lowest BCUT2D eigenvalue weighted by molar-refractivity contribution is -0.384. The second kappa shape index (κ2) is 10.5. The summed E-state index contributed by atoms with van der Waals surface area (Å²) >= 11 is 0. The van der Waals surface area contributed by atoms with Crippen LogP contribution in [0.15, 0.2) is 42.5 Å². The Morgan fingerprint density at radius 1 is 1.21 bits per heavy atom. The Labute approximate surface area is 270 Å². The van der Waals surface area contributed by atoms with Crippen molar-refractivity contribution in [3.05, 3.63) is 64.0 Å². The number of nitrogens with zero attached hydrogens (tertiary/aromatic N) is 5. The molecule has 47 heavy (non-hydrogen) atoms. The molecule has 12 heteroatoms. The normalized spacial score (nSPS) is 25.5. The summed E-state index contributed by atoms with van der Waals surface area (Å²) in [5.74, 6) is -0.180. The number of halogens is 1. The molecule has 3 fully saturated rings. The van der Waals surface area contributed by atoms with Gasteiger partial charge in [-0.25, -0.2) is 4.39 Å². The van der Waals surface area contributed by atoms with Crippen molar-refractivity contribution in [3.63, 3.8) is 0 Å². The minimum atomic E-state index is -1.00. The maximum absolute atomic E-state index is 15.5. The molecule has 3 saturated heterocycles. The molecule has 1 aromatic heterocycles. The SMILES string of the molecule is C=C1CN2CCCC2(COc2nc(N3CCCC(C)(O)C3)c3cc([N+](=O)[O-])c4c(c3n2)OC(C)c2c(F)ccc3cc(O)cc-4c23)C1. The van der Waals surface area contributed by atoms with Gasteiger partial charge >= 0.3 is 6.01 Å². The van der Waals surface area contributed by atoms with Crippen LogP contribution in [0.4, 0.5) is 15.9 Å². The second-order valence-electron chi connectivity index (χ2n) is 13.9. The molecule has 3 atom stereocenters. The van der Waals surface area contributed by atoms with E-state index in [4.69, 9.17) is 19.4 Å². The lowest BCUT2D eigenvalue weighted by Gasteiger charge is -2.38. The van der Waals surface area contributed by atoms with E-state index in [1.54, 1.807) is 19.9 Å². The fourth-order valence-electron chi connectivity index (χ4n) is 8.34. The molecule has 0 radical (unpaired) electrons. The Balaban J connectivity index is 1.38. The molecular weight excluding hydrogens is 605 g/mol. The zero-order chi connectivity index (χ0) is 32.8. The molecule has 3 unspecified atom stereocenters. The number of piperidine rings is 1. The van der Waals surface area contributed by atoms with Gasteiger partial charge in [0.05, 0.1) is 21.4 Å². The summed E-state index contributed by atoms with van der Waals surface area (Å²) in [6, 6.07) is 7.26. The van der Waals surface area contributed by atoms with Crippen LogP contribution in [-0.4, -0.2) is 73.9 Å². The van der Waals surface area contributed by atoms with Crippen LogP contribution >= 0.6 is 0 Å². The summed E-state index contributed by atoms with van der Waals surface area (Å²) in [6.45, 7) is 10.6. The summed E-state index contributed by atoms with van der Waals surface area (Å²) in [6.07, 6.45) is 3.27. The monoisotopic (exact) mass is 641 g/mol. The van der Waals surface area contributed by atoms with Gasteiger partial charge < -0.3 is 24.6 Å². The number of anilines is 1. The van der Waals surface area contributed by atoms with E-state index in [1.807, 2.05) is 4.90 Å². The third kappa shape index (κ3) is 4.76. The summed E-state index contributed by atoms with van der Waals surface area (Å²) < 4.78 is 28.5. The van der Waals surface area contributed by atoms with Crippen LogP contribution in [0.25, 0.3) is 32.8 Å². The number of ether oxygens (including phenoxy) is 2. The third-order valence-corrected chi connectivity index (χ3v) is 10.3. The molecule has 0 amide bonds. The lowest BCUT2D eigenvalue weighted by atomic mass is 9.91. The molecular formula is C35H36FN5O6. The number of nitro benzene ring substituents is 1. The van der Waals surface area contributed by atoms with Gasteiger partial charge in [0, 0.05) is 36.8 Å². The Morgan fingerprint density at radius 3 is 2.81 bits per heavy atom. The summed E-state index contributed by atoms with van der Waals surface area (Å²) in [7, 11) is 0. The van der Waals surface area contributed by atoms with Crippen molar-refractivity contribution in [1.82, 2.24) is 14.9 Å². The maximum atomic E-state index is 15.5. The number of nitro groups is 1. The fourth-order valence-corrected chi connectivity index (χ4v) is 8.34. The Morgan fingerprint density at radius 2 is 2.02 bits per heavy atom. The number of aromatic nitrogens is 2. The molecule has 4 aliphatic heterocycles. The van der Waals surface area contributed by atoms with E-state index in [2.05, 4.69) is 11.5 Å². The zero-order valence-electron chi connectivity index (χ0n) is 26.4. The van der Waals surface area contributed by atoms with E-state index in [1.165, 1.54) is 24.3 Å². The molecule has 11 nitrogen and oxygen atoms in total. The first-order valence-electron chi connectivity index (χ1n) is 16.1. The van der Waals surface area contributed by atoms with Crippen LogP contribution in [0.1, 0.15) is 57.6 Å². The van der Waals surface area contributed by atoms with Crippen LogP contribution in [0.5, 0.6) is 17.5 Å². The fraction of sp³-hybridized carbons (Fsp3) is 0.429. The average molecular weight is 642 g/mol. The molecule has 0 spiro atoms. The van der Waals surface area contributed by atoms with Crippen molar-refractivity contribution < 1.29 is 29.0 Å². The first kappa shape index (κ1) is 29.8. The third-order valence-electron chi connectivity index (χ3n) is 10.3. The van der Waals surface area contributed by atoms with Crippen molar-refractivity contribution in [2.75, 3.05) is 37.7 Å². The largest absolute Gasteiger partial charge is 0.508 e. The van der Waals surface area contributed by atoms with Gasteiger partial charge in [0.2, 0.25) is 0 Å². The minimum Gasteiger partial charge on any atom is -0.508 e. The number of fused-ring (bicyclic) bond motifs is 5. The van der Waals surface area contributed by atoms with E-state index in [0.29, 0.717) is 48.0 Å². The first-order chi connectivity index (χ1) is 22.4. The molecule has 2 N–H and O–H groups in total. The Bertz CT molecular complexity index is 2020. The molecule has 3 aromatic carbocycles. The number of hydrogen-bond donors (Lipinski definition) is 2. The number of phenols is 1. The Hall–Kier alpha value is -4.55. The molecule has 0 bridgehead atoms.